The number of hydrogen-bond acceptors (Lipinski definition) is 5. The van der Waals surface area contributed by atoms with E-state index in [4.69, 9.17) is 20.8 Å². The van der Waals surface area contributed by atoms with Gasteiger partial charge in [0.2, 0.25) is 0 Å². The molecule has 71 valence electrons. The van der Waals surface area contributed by atoms with Gasteiger partial charge in [-0.25, -0.2) is 5.26 Å². The van der Waals surface area contributed by atoms with E-state index < -0.39 is 10.4 Å². The Morgan fingerprint density at radius 2 is 1.55 bits per heavy atom. The molecule has 7 nitrogen and oxygen atoms in total. The summed E-state index contributed by atoms with van der Waals surface area (Å²) in [6.45, 7) is 2.65. The van der Waals surface area contributed by atoms with Crippen molar-refractivity contribution in [3.8, 4) is 0 Å². The van der Waals surface area contributed by atoms with Crippen molar-refractivity contribution in [2.45, 2.75) is 6.92 Å². The van der Waals surface area contributed by atoms with E-state index in [0.29, 0.717) is 0 Å². The van der Waals surface area contributed by atoms with Gasteiger partial charge in [0.05, 0.1) is 7.11 Å². The third kappa shape index (κ3) is 77.4. The second-order valence-electron chi connectivity index (χ2n) is 1.00. The van der Waals surface area contributed by atoms with Gasteiger partial charge in [-0.05, 0) is 11.8 Å². The highest BCUT2D eigenvalue weighted by Gasteiger charge is 1.93. The molecule has 0 rings (SSSR count). The topological polar surface area (TPSA) is 130 Å². The maximum absolute atomic E-state index is 9.33. The Morgan fingerprint density at radius 3 is 1.55 bits per heavy atom. The van der Waals surface area contributed by atoms with Crippen LogP contribution in [0.25, 0.3) is 0 Å². The summed E-state index contributed by atoms with van der Waals surface area (Å²) >= 11 is 0. The fourth-order valence-electron chi connectivity index (χ4n) is 0. The van der Waals surface area contributed by atoms with Crippen LogP contribution >= 0.6 is 0 Å². The molecular formula is C3H12NO6S. The van der Waals surface area contributed by atoms with Crippen molar-refractivity contribution in [1.29, 1.82) is 0 Å². The normalized spacial score (nSPS) is 8.55. The van der Waals surface area contributed by atoms with Gasteiger partial charge in [0.1, 0.15) is 0 Å². The van der Waals surface area contributed by atoms with Crippen molar-refractivity contribution in [1.82, 2.24) is 0 Å². The summed E-state index contributed by atoms with van der Waals surface area (Å²) in [4.78, 5) is 0. The number of rotatable bonds is 1. The Kier molecular flexibility index (Phi) is 19.2. The van der Waals surface area contributed by atoms with Gasteiger partial charge >= 0.3 is 10.4 Å². The molecule has 0 saturated carbocycles. The molecule has 0 aliphatic heterocycles. The first kappa shape index (κ1) is 17.0. The van der Waals surface area contributed by atoms with Gasteiger partial charge in [0, 0.05) is 0 Å². The van der Waals surface area contributed by atoms with Crippen molar-refractivity contribution in [3.63, 3.8) is 0 Å². The summed E-state index contributed by atoms with van der Waals surface area (Å²) < 4.78 is 29.7. The molecule has 0 aromatic rings. The van der Waals surface area contributed by atoms with Crippen LogP contribution in [0.15, 0.2) is 0 Å². The third-order valence-corrected chi connectivity index (χ3v) is 0.632. The molecule has 0 unspecified atom stereocenters. The van der Waals surface area contributed by atoms with E-state index in [1.165, 1.54) is 0 Å². The molecule has 8 heteroatoms. The van der Waals surface area contributed by atoms with Crippen LogP contribution in [0.3, 0.4) is 0 Å². The molecule has 0 aromatic carbocycles. The molecule has 1 radical (unpaired) electrons. The molecule has 0 aromatic heterocycles. The molecular weight excluding hydrogens is 178 g/mol. The fourth-order valence-corrected chi connectivity index (χ4v) is 0. The Morgan fingerprint density at radius 1 is 1.45 bits per heavy atom. The molecule has 0 atom stereocenters. The molecule has 0 amide bonds. The molecule has 0 bridgehead atoms. The van der Waals surface area contributed by atoms with Gasteiger partial charge < -0.3 is 5.73 Å². The average Bonchev–Trinajstić information content (AvgIpc) is 1.93. The molecule has 0 aliphatic carbocycles. The van der Waals surface area contributed by atoms with Gasteiger partial charge in [0.25, 0.3) is 0 Å². The molecule has 0 aliphatic rings. The minimum Gasteiger partial charge on any atom is -0.331 e. The van der Waals surface area contributed by atoms with Crippen molar-refractivity contribution >= 4 is 10.4 Å². The lowest BCUT2D eigenvalue weighted by molar-refractivity contribution is -0.247. The lowest BCUT2D eigenvalue weighted by atomic mass is 10.8. The first-order valence-electron chi connectivity index (χ1n) is 2.39. The second-order valence-corrected chi connectivity index (χ2v) is 2.19. The van der Waals surface area contributed by atoms with Crippen LogP contribution in [-0.4, -0.2) is 31.9 Å². The van der Waals surface area contributed by atoms with E-state index in [0.717, 1.165) is 13.7 Å². The summed E-state index contributed by atoms with van der Waals surface area (Å²) in [5.74, 6) is 0. The fraction of sp³-hybridized carbons (Fsp3) is 1.00. The third-order valence-electron chi connectivity index (χ3n) is 0.211. The summed E-state index contributed by atoms with van der Waals surface area (Å²) in [5.41, 5.74) is 4.85. The van der Waals surface area contributed by atoms with Gasteiger partial charge in [0.15, 0.2) is 0 Å². The Balaban J connectivity index is -0.000000109. The first-order valence-corrected chi connectivity index (χ1v) is 3.75. The van der Waals surface area contributed by atoms with Gasteiger partial charge in [-0.3, -0.25) is 8.74 Å². The smallest absolute Gasteiger partial charge is 0.331 e. The molecule has 0 heterocycles. The summed E-state index contributed by atoms with van der Waals surface area (Å²) in [5, 5.41) is 13.0. The van der Waals surface area contributed by atoms with Crippen LogP contribution in [0.2, 0.25) is 0 Å². The van der Waals surface area contributed by atoms with E-state index in [2.05, 4.69) is 4.18 Å². The van der Waals surface area contributed by atoms with Gasteiger partial charge in [-0.2, -0.15) is 8.42 Å². The number of hydrogen-bond donors (Lipinski definition) is 3. The van der Waals surface area contributed by atoms with E-state index in [9.17, 15) is 8.42 Å². The summed E-state index contributed by atoms with van der Waals surface area (Å²) in [7, 11) is -3.29. The molecule has 11 heavy (non-hydrogen) atoms. The van der Waals surface area contributed by atoms with Crippen LogP contribution < -0.4 is 5.73 Å². The van der Waals surface area contributed by atoms with Gasteiger partial charge in [-0.15, -0.1) is 0 Å². The Labute approximate surface area is 65.3 Å². The van der Waals surface area contributed by atoms with Crippen LogP contribution in [0, 0.1) is 0 Å². The first-order chi connectivity index (χ1) is 4.97. The van der Waals surface area contributed by atoms with Gasteiger partial charge in [-0.1, -0.05) is 6.92 Å². The average molecular weight is 190 g/mol. The van der Waals surface area contributed by atoms with Crippen LogP contribution in [-0.2, 0) is 19.8 Å². The molecule has 4 N–H and O–H groups in total. The van der Waals surface area contributed by atoms with Crippen molar-refractivity contribution in [2.24, 2.45) is 5.73 Å². The highest BCUT2D eigenvalue weighted by molar-refractivity contribution is 7.80. The summed E-state index contributed by atoms with van der Waals surface area (Å²) in [6, 6.07) is 0. The van der Waals surface area contributed by atoms with Crippen LogP contribution in [0.4, 0.5) is 0 Å². The highest BCUT2D eigenvalue weighted by atomic mass is 32.3. The maximum Gasteiger partial charge on any atom is 0.397 e. The molecule has 0 fully saturated rings. The van der Waals surface area contributed by atoms with Crippen molar-refractivity contribution < 1.29 is 27.7 Å². The largest absolute Gasteiger partial charge is 0.397 e. The minimum atomic E-state index is -4.16. The van der Waals surface area contributed by atoms with E-state index >= 15 is 0 Å². The standard InChI is InChI=1S/C2H7N.CH4O4S.HO2/c1-2-3;1-5-6(2,3)4;1-2/h2-3H2,1H3;1H3,(H,2,3,4);1H. The second kappa shape index (κ2) is 12.4. The highest BCUT2D eigenvalue weighted by Crippen LogP contribution is 1.74. The van der Waals surface area contributed by atoms with E-state index in [1.54, 1.807) is 0 Å². The molecule has 0 spiro atoms. The Bertz CT molecular complexity index is 131. The SMILES string of the molecule is CCN.COS(=O)(=O)O.[O]O. The maximum atomic E-state index is 9.33. The minimum absolute atomic E-state index is 0.750. The van der Waals surface area contributed by atoms with Crippen molar-refractivity contribution in [2.75, 3.05) is 13.7 Å². The monoisotopic (exact) mass is 190 g/mol. The lowest BCUT2D eigenvalue weighted by Gasteiger charge is -1.82. The zero-order valence-electron chi connectivity index (χ0n) is 6.22. The van der Waals surface area contributed by atoms with Crippen LogP contribution in [0.5, 0.6) is 0 Å². The lowest BCUT2D eigenvalue weighted by Crippen LogP contribution is -1.96. The Hall–Kier alpha value is -0.250. The summed E-state index contributed by atoms with van der Waals surface area (Å²) in [6.07, 6.45) is 0. The number of nitrogens with two attached hydrogens (primary N) is 1. The predicted octanol–water partition coefficient (Wildman–Crippen LogP) is -0.709. The van der Waals surface area contributed by atoms with E-state index in [-0.39, 0.29) is 0 Å². The zero-order chi connectivity index (χ0) is 9.91. The zero-order valence-corrected chi connectivity index (χ0v) is 7.04. The molecule has 0 saturated heterocycles. The van der Waals surface area contributed by atoms with E-state index in [1.807, 2.05) is 6.92 Å². The van der Waals surface area contributed by atoms with Crippen molar-refractivity contribution in [3.05, 3.63) is 0 Å². The van der Waals surface area contributed by atoms with Crippen LogP contribution in [0.1, 0.15) is 6.92 Å². The quantitative estimate of drug-likeness (QED) is 0.284. The predicted molar refractivity (Wildman–Crippen MR) is 36.6 cm³/mol.